The fraction of sp³-hybridized carbons (Fsp3) is 0. The SMILES string of the molecule is O=C(N/N=C/c1ccccc1Cl)c1cc(-c2ccc(Br)cc2)n[nH]1. The minimum absolute atomic E-state index is 0.323. The number of hydrazone groups is 1. The lowest BCUT2D eigenvalue weighted by molar-refractivity contribution is 0.0950. The molecule has 0 saturated heterocycles. The fourth-order valence-electron chi connectivity index (χ4n) is 2.01. The number of halogens is 2. The van der Waals surface area contributed by atoms with Crippen LogP contribution in [0.5, 0.6) is 0 Å². The molecule has 5 nitrogen and oxygen atoms in total. The minimum atomic E-state index is -0.380. The average Bonchev–Trinajstić information content (AvgIpc) is 3.07. The van der Waals surface area contributed by atoms with Gasteiger partial charge in [0, 0.05) is 20.6 Å². The molecule has 3 rings (SSSR count). The summed E-state index contributed by atoms with van der Waals surface area (Å²) in [6, 6.07) is 16.6. The number of H-pyrrole nitrogens is 1. The highest BCUT2D eigenvalue weighted by Gasteiger charge is 2.10. The molecule has 7 heteroatoms. The predicted molar refractivity (Wildman–Crippen MR) is 98.2 cm³/mol. The first-order valence-electron chi connectivity index (χ1n) is 7.03. The van der Waals surface area contributed by atoms with Crippen LogP contribution in [-0.4, -0.2) is 22.3 Å². The van der Waals surface area contributed by atoms with Gasteiger partial charge in [0.1, 0.15) is 5.69 Å². The molecule has 0 aliphatic rings. The van der Waals surface area contributed by atoms with Crippen molar-refractivity contribution in [2.24, 2.45) is 5.10 Å². The Morgan fingerprint density at radius 2 is 1.96 bits per heavy atom. The minimum Gasteiger partial charge on any atom is -0.272 e. The first-order valence-corrected chi connectivity index (χ1v) is 8.20. The molecule has 1 heterocycles. The highest BCUT2D eigenvalue weighted by atomic mass is 79.9. The largest absolute Gasteiger partial charge is 0.289 e. The molecule has 24 heavy (non-hydrogen) atoms. The Hall–Kier alpha value is -2.44. The van der Waals surface area contributed by atoms with Gasteiger partial charge in [0.2, 0.25) is 0 Å². The van der Waals surface area contributed by atoms with Crippen molar-refractivity contribution in [1.82, 2.24) is 15.6 Å². The smallest absolute Gasteiger partial charge is 0.272 e. The molecular formula is C17H12BrClN4O. The molecule has 0 fully saturated rings. The summed E-state index contributed by atoms with van der Waals surface area (Å²) in [7, 11) is 0. The number of amides is 1. The van der Waals surface area contributed by atoms with E-state index in [1.807, 2.05) is 36.4 Å². The van der Waals surface area contributed by atoms with Gasteiger partial charge in [-0.05, 0) is 24.3 Å². The highest BCUT2D eigenvalue weighted by molar-refractivity contribution is 9.10. The van der Waals surface area contributed by atoms with Crippen LogP contribution in [0.25, 0.3) is 11.3 Å². The van der Waals surface area contributed by atoms with Gasteiger partial charge in [-0.1, -0.05) is 57.9 Å². The molecule has 1 aromatic heterocycles. The zero-order chi connectivity index (χ0) is 16.9. The van der Waals surface area contributed by atoms with E-state index in [0.29, 0.717) is 16.4 Å². The van der Waals surface area contributed by atoms with Gasteiger partial charge < -0.3 is 0 Å². The molecule has 2 N–H and O–H groups in total. The van der Waals surface area contributed by atoms with Gasteiger partial charge in [-0.15, -0.1) is 0 Å². The van der Waals surface area contributed by atoms with Crippen LogP contribution >= 0.6 is 27.5 Å². The molecule has 0 unspecified atom stereocenters. The second-order valence-corrected chi connectivity index (χ2v) is 6.22. The van der Waals surface area contributed by atoms with Crippen LogP contribution in [0.3, 0.4) is 0 Å². The van der Waals surface area contributed by atoms with Crippen LogP contribution in [0.1, 0.15) is 16.1 Å². The van der Waals surface area contributed by atoms with Crippen molar-refractivity contribution >= 4 is 39.7 Å². The maximum Gasteiger partial charge on any atom is 0.289 e. The lowest BCUT2D eigenvalue weighted by atomic mass is 10.1. The third-order valence-electron chi connectivity index (χ3n) is 3.24. The van der Waals surface area contributed by atoms with Gasteiger partial charge in [-0.3, -0.25) is 9.89 Å². The molecule has 0 bridgehead atoms. The zero-order valence-electron chi connectivity index (χ0n) is 12.3. The number of benzene rings is 2. The third kappa shape index (κ3) is 3.90. The van der Waals surface area contributed by atoms with Crippen molar-refractivity contribution in [3.05, 3.63) is 75.4 Å². The van der Waals surface area contributed by atoms with Crippen molar-refractivity contribution in [1.29, 1.82) is 0 Å². The van der Waals surface area contributed by atoms with Gasteiger partial charge in [0.15, 0.2) is 0 Å². The van der Waals surface area contributed by atoms with E-state index in [0.717, 1.165) is 15.6 Å². The lowest BCUT2D eigenvalue weighted by Crippen LogP contribution is -2.18. The molecule has 2 aromatic carbocycles. The van der Waals surface area contributed by atoms with Gasteiger partial charge >= 0.3 is 0 Å². The number of carbonyl (C=O) groups excluding carboxylic acids is 1. The summed E-state index contributed by atoms with van der Waals surface area (Å²) in [4.78, 5) is 12.1. The second-order valence-electron chi connectivity index (χ2n) is 4.89. The van der Waals surface area contributed by atoms with Crippen molar-refractivity contribution in [3.8, 4) is 11.3 Å². The number of aromatic nitrogens is 2. The fourth-order valence-corrected chi connectivity index (χ4v) is 2.46. The number of hydrogen-bond donors (Lipinski definition) is 2. The quantitative estimate of drug-likeness (QED) is 0.505. The first-order chi connectivity index (χ1) is 11.6. The van der Waals surface area contributed by atoms with Crippen LogP contribution < -0.4 is 5.43 Å². The van der Waals surface area contributed by atoms with Crippen LogP contribution in [0, 0.1) is 0 Å². The second kappa shape index (κ2) is 7.42. The normalized spacial score (nSPS) is 10.9. The number of nitrogens with zero attached hydrogens (tertiary/aromatic N) is 2. The van der Waals surface area contributed by atoms with E-state index in [4.69, 9.17) is 11.6 Å². The van der Waals surface area contributed by atoms with E-state index in [1.165, 1.54) is 6.21 Å². The van der Waals surface area contributed by atoms with Gasteiger partial charge in [0.25, 0.3) is 5.91 Å². The van der Waals surface area contributed by atoms with E-state index in [2.05, 4.69) is 36.7 Å². The van der Waals surface area contributed by atoms with Crippen molar-refractivity contribution in [2.75, 3.05) is 0 Å². The molecule has 0 spiro atoms. The number of carbonyl (C=O) groups is 1. The highest BCUT2D eigenvalue weighted by Crippen LogP contribution is 2.20. The Bertz CT molecular complexity index is 890. The lowest BCUT2D eigenvalue weighted by Gasteiger charge is -1.97. The number of aromatic amines is 1. The Morgan fingerprint density at radius 3 is 2.71 bits per heavy atom. The molecule has 120 valence electrons. The summed E-state index contributed by atoms with van der Waals surface area (Å²) in [6.45, 7) is 0. The van der Waals surface area contributed by atoms with Crippen molar-refractivity contribution < 1.29 is 4.79 Å². The van der Waals surface area contributed by atoms with E-state index >= 15 is 0 Å². The zero-order valence-corrected chi connectivity index (χ0v) is 14.7. The monoisotopic (exact) mass is 402 g/mol. The summed E-state index contributed by atoms with van der Waals surface area (Å²) in [5.74, 6) is -0.380. The van der Waals surface area contributed by atoms with E-state index in [9.17, 15) is 4.79 Å². The van der Waals surface area contributed by atoms with Crippen LogP contribution in [0.15, 0.2) is 64.2 Å². The Kier molecular flexibility index (Phi) is 5.08. The summed E-state index contributed by atoms with van der Waals surface area (Å²) in [5, 5.41) is 11.3. The molecule has 0 saturated carbocycles. The predicted octanol–water partition coefficient (Wildman–Crippen LogP) is 4.26. The Balaban J connectivity index is 1.68. The molecule has 3 aromatic rings. The van der Waals surface area contributed by atoms with E-state index < -0.39 is 0 Å². The van der Waals surface area contributed by atoms with E-state index in [1.54, 1.807) is 18.2 Å². The average molecular weight is 404 g/mol. The van der Waals surface area contributed by atoms with Crippen LogP contribution in [0.4, 0.5) is 0 Å². The van der Waals surface area contributed by atoms with Gasteiger partial charge in [-0.2, -0.15) is 10.2 Å². The maximum absolute atomic E-state index is 12.1. The molecule has 0 radical (unpaired) electrons. The standard InChI is InChI=1S/C17H12BrClN4O/c18-13-7-5-11(6-8-13)15-9-16(22-21-15)17(24)23-20-10-12-3-1-2-4-14(12)19/h1-10H,(H,21,22)(H,23,24)/b20-10+. The summed E-state index contributed by atoms with van der Waals surface area (Å²) in [5.41, 5.74) is 5.08. The Morgan fingerprint density at radius 1 is 1.21 bits per heavy atom. The molecule has 0 atom stereocenters. The van der Waals surface area contributed by atoms with Gasteiger partial charge in [-0.25, -0.2) is 5.43 Å². The molecule has 1 amide bonds. The van der Waals surface area contributed by atoms with Crippen molar-refractivity contribution in [2.45, 2.75) is 0 Å². The number of hydrogen-bond acceptors (Lipinski definition) is 3. The van der Waals surface area contributed by atoms with Crippen LogP contribution in [-0.2, 0) is 0 Å². The molecule has 0 aliphatic heterocycles. The first kappa shape index (κ1) is 16.4. The summed E-state index contributed by atoms with van der Waals surface area (Å²) < 4.78 is 0.980. The van der Waals surface area contributed by atoms with Crippen LogP contribution in [0.2, 0.25) is 5.02 Å². The third-order valence-corrected chi connectivity index (χ3v) is 4.11. The topological polar surface area (TPSA) is 70.1 Å². The number of nitrogens with one attached hydrogen (secondary N) is 2. The van der Waals surface area contributed by atoms with Crippen molar-refractivity contribution in [3.63, 3.8) is 0 Å². The Labute approximate surface area is 151 Å². The van der Waals surface area contributed by atoms with Gasteiger partial charge in [0.05, 0.1) is 11.9 Å². The summed E-state index contributed by atoms with van der Waals surface area (Å²) >= 11 is 9.40. The maximum atomic E-state index is 12.1. The molecular weight excluding hydrogens is 392 g/mol. The van der Waals surface area contributed by atoms with E-state index in [-0.39, 0.29) is 5.91 Å². The molecule has 0 aliphatic carbocycles. The summed E-state index contributed by atoms with van der Waals surface area (Å²) in [6.07, 6.45) is 1.49. The number of rotatable bonds is 4.